The Kier molecular flexibility index (Phi) is 10.7. The molecule has 0 saturated carbocycles. The van der Waals surface area contributed by atoms with Crippen molar-refractivity contribution in [2.45, 2.75) is 65.2 Å². The molecule has 0 aliphatic carbocycles. The van der Waals surface area contributed by atoms with Gasteiger partial charge in [-0.25, -0.2) is 0 Å². The zero-order valence-corrected chi connectivity index (χ0v) is 14.0. The molecule has 0 atom stereocenters. The van der Waals surface area contributed by atoms with Gasteiger partial charge in [0.15, 0.2) is 0 Å². The van der Waals surface area contributed by atoms with E-state index in [1.807, 2.05) is 18.2 Å². The molecule has 3 heteroatoms. The Labute approximate surface area is 134 Å². The lowest BCUT2D eigenvalue weighted by Gasteiger charge is -2.08. The Balaban J connectivity index is 0.000000406. The molecule has 0 fully saturated rings. The molecule has 0 unspecified atom stereocenters. The number of unbranched alkanes of at least 4 members (excludes halogenated alkanes) is 4. The Morgan fingerprint density at radius 2 is 1.59 bits per heavy atom. The average molecular weight is 303 g/mol. The SMILES string of the molecule is CCCCCC1=CC=CON=C1CCCCC.c1ccoc1. The summed E-state index contributed by atoms with van der Waals surface area (Å²) in [7, 11) is 0. The maximum Gasteiger partial charge on any atom is 0.122 e. The third kappa shape index (κ3) is 8.50. The van der Waals surface area contributed by atoms with Gasteiger partial charge in [-0.2, -0.15) is 0 Å². The van der Waals surface area contributed by atoms with Gasteiger partial charge >= 0.3 is 0 Å². The Morgan fingerprint density at radius 3 is 2.18 bits per heavy atom. The summed E-state index contributed by atoms with van der Waals surface area (Å²) in [6, 6.07) is 3.67. The summed E-state index contributed by atoms with van der Waals surface area (Å²) >= 11 is 0. The summed E-state index contributed by atoms with van der Waals surface area (Å²) in [5.74, 6) is 0. The minimum atomic E-state index is 1.05. The van der Waals surface area contributed by atoms with Crippen LogP contribution in [0.4, 0.5) is 0 Å². The highest BCUT2D eigenvalue weighted by molar-refractivity contribution is 6.00. The van der Waals surface area contributed by atoms with Crippen LogP contribution in [0.5, 0.6) is 0 Å². The molecule has 0 amide bonds. The van der Waals surface area contributed by atoms with Gasteiger partial charge in [0, 0.05) is 0 Å². The van der Waals surface area contributed by atoms with E-state index in [1.165, 1.54) is 44.1 Å². The summed E-state index contributed by atoms with van der Waals surface area (Å²) < 4.78 is 4.58. The van der Waals surface area contributed by atoms with Gasteiger partial charge in [0.2, 0.25) is 0 Å². The number of hydrogen-bond donors (Lipinski definition) is 0. The van der Waals surface area contributed by atoms with E-state index in [0.717, 1.165) is 18.6 Å². The maximum atomic E-state index is 5.13. The van der Waals surface area contributed by atoms with Gasteiger partial charge in [-0.05, 0) is 49.5 Å². The van der Waals surface area contributed by atoms with Crippen LogP contribution in [0.2, 0.25) is 0 Å². The molecule has 1 aromatic heterocycles. The van der Waals surface area contributed by atoms with Gasteiger partial charge in [-0.15, -0.1) is 0 Å². The van der Waals surface area contributed by atoms with Crippen LogP contribution in [0.25, 0.3) is 0 Å². The predicted octanol–water partition coefficient (Wildman–Crippen LogP) is 6.25. The van der Waals surface area contributed by atoms with E-state index in [9.17, 15) is 0 Å². The van der Waals surface area contributed by atoms with Crippen molar-refractivity contribution in [3.05, 3.63) is 48.6 Å². The third-order valence-electron chi connectivity index (χ3n) is 3.46. The fraction of sp³-hybridized carbons (Fsp3) is 0.526. The van der Waals surface area contributed by atoms with E-state index >= 15 is 0 Å². The van der Waals surface area contributed by atoms with Crippen molar-refractivity contribution in [3.63, 3.8) is 0 Å². The summed E-state index contributed by atoms with van der Waals surface area (Å²) in [6.07, 6.45) is 18.8. The molecule has 122 valence electrons. The van der Waals surface area contributed by atoms with Crippen LogP contribution in [-0.4, -0.2) is 5.71 Å². The molecule has 22 heavy (non-hydrogen) atoms. The largest absolute Gasteiger partial charge is 0.473 e. The van der Waals surface area contributed by atoms with Crippen LogP contribution < -0.4 is 0 Å². The molecule has 1 aliphatic heterocycles. The molecule has 1 aromatic rings. The highest BCUT2D eigenvalue weighted by atomic mass is 16.6. The zero-order valence-electron chi connectivity index (χ0n) is 14.0. The number of nitrogens with zero attached hydrogens (tertiary/aromatic N) is 1. The smallest absolute Gasteiger partial charge is 0.122 e. The standard InChI is InChI=1S/C15H25NO.C4H4O/c1-3-5-7-10-14-11-9-13-17-16-15(14)12-8-6-4-2;1-2-4-5-3-1/h9,11,13H,3-8,10,12H2,1-2H3;1-4H. The van der Waals surface area contributed by atoms with Crippen LogP contribution in [0, 0.1) is 0 Å². The molecule has 0 aromatic carbocycles. The maximum absolute atomic E-state index is 5.13. The van der Waals surface area contributed by atoms with Crippen molar-refractivity contribution in [3.8, 4) is 0 Å². The number of hydrogen-bond acceptors (Lipinski definition) is 3. The number of allylic oxidation sites excluding steroid dienone is 3. The number of oxime groups is 1. The van der Waals surface area contributed by atoms with Gasteiger partial charge in [0.1, 0.15) is 6.26 Å². The Hall–Kier alpha value is -1.77. The minimum absolute atomic E-state index is 1.05. The lowest BCUT2D eigenvalue weighted by molar-refractivity contribution is 0.268. The minimum Gasteiger partial charge on any atom is -0.473 e. The van der Waals surface area contributed by atoms with Gasteiger partial charge in [-0.3, -0.25) is 0 Å². The molecule has 0 radical (unpaired) electrons. The van der Waals surface area contributed by atoms with Gasteiger partial charge in [-0.1, -0.05) is 50.8 Å². The van der Waals surface area contributed by atoms with Gasteiger partial charge in [0.05, 0.1) is 18.2 Å². The molecular formula is C19H29NO2. The lowest BCUT2D eigenvalue weighted by Crippen LogP contribution is -2.03. The van der Waals surface area contributed by atoms with Crippen molar-refractivity contribution in [2.75, 3.05) is 0 Å². The van der Waals surface area contributed by atoms with Crippen molar-refractivity contribution < 1.29 is 9.25 Å². The first kappa shape index (κ1) is 18.3. The summed E-state index contributed by atoms with van der Waals surface area (Å²) in [6.45, 7) is 4.46. The van der Waals surface area contributed by atoms with Gasteiger partial charge < -0.3 is 9.25 Å². The molecule has 0 spiro atoms. The molecule has 0 bridgehead atoms. The number of rotatable bonds is 8. The van der Waals surface area contributed by atoms with E-state index in [1.54, 1.807) is 18.8 Å². The fourth-order valence-electron chi connectivity index (χ4n) is 2.21. The van der Waals surface area contributed by atoms with Crippen LogP contribution in [-0.2, 0) is 4.84 Å². The van der Waals surface area contributed by atoms with Crippen LogP contribution in [0.3, 0.4) is 0 Å². The number of furan rings is 1. The van der Waals surface area contributed by atoms with Crippen LogP contribution >= 0.6 is 0 Å². The highest BCUT2D eigenvalue weighted by Crippen LogP contribution is 2.17. The van der Waals surface area contributed by atoms with E-state index in [0.29, 0.717) is 0 Å². The molecule has 2 rings (SSSR count). The quantitative estimate of drug-likeness (QED) is 0.532. The van der Waals surface area contributed by atoms with Crippen molar-refractivity contribution in [1.82, 2.24) is 0 Å². The van der Waals surface area contributed by atoms with E-state index in [4.69, 9.17) is 4.84 Å². The average Bonchev–Trinajstić information content (AvgIpc) is 3.04. The fourth-order valence-corrected chi connectivity index (χ4v) is 2.21. The Bertz CT molecular complexity index is 427. The van der Waals surface area contributed by atoms with Crippen molar-refractivity contribution in [2.24, 2.45) is 5.16 Å². The topological polar surface area (TPSA) is 34.7 Å². The van der Waals surface area contributed by atoms with E-state index < -0.39 is 0 Å². The lowest BCUT2D eigenvalue weighted by atomic mass is 9.98. The van der Waals surface area contributed by atoms with E-state index in [2.05, 4.69) is 29.5 Å². The first-order valence-electron chi connectivity index (χ1n) is 8.44. The summed E-state index contributed by atoms with van der Waals surface area (Å²) in [4.78, 5) is 5.13. The molecule has 3 nitrogen and oxygen atoms in total. The summed E-state index contributed by atoms with van der Waals surface area (Å²) in [5, 5.41) is 4.22. The molecular weight excluding hydrogens is 274 g/mol. The molecule has 1 aliphatic rings. The van der Waals surface area contributed by atoms with E-state index in [-0.39, 0.29) is 0 Å². The third-order valence-corrected chi connectivity index (χ3v) is 3.46. The van der Waals surface area contributed by atoms with Crippen molar-refractivity contribution in [1.29, 1.82) is 0 Å². The first-order chi connectivity index (χ1) is 10.9. The second-order valence-corrected chi connectivity index (χ2v) is 5.37. The summed E-state index contributed by atoms with van der Waals surface area (Å²) in [5.41, 5.74) is 2.52. The second kappa shape index (κ2) is 12.9. The predicted molar refractivity (Wildman–Crippen MR) is 92.7 cm³/mol. The second-order valence-electron chi connectivity index (χ2n) is 5.37. The van der Waals surface area contributed by atoms with Gasteiger partial charge in [0.25, 0.3) is 0 Å². The molecule has 0 N–H and O–H groups in total. The first-order valence-corrected chi connectivity index (χ1v) is 8.44. The molecule has 2 heterocycles. The van der Waals surface area contributed by atoms with Crippen molar-refractivity contribution >= 4 is 5.71 Å². The zero-order chi connectivity index (χ0) is 15.9. The highest BCUT2D eigenvalue weighted by Gasteiger charge is 2.09. The normalized spacial score (nSPS) is 13.4. The van der Waals surface area contributed by atoms with Crippen LogP contribution in [0.1, 0.15) is 65.2 Å². The Morgan fingerprint density at radius 1 is 0.909 bits per heavy atom. The van der Waals surface area contributed by atoms with Crippen LogP contribution in [0.15, 0.2) is 58.2 Å². The monoisotopic (exact) mass is 303 g/mol. The molecule has 0 saturated heterocycles.